The largest absolute Gasteiger partial charge is 0.462 e. The van der Waals surface area contributed by atoms with Crippen molar-refractivity contribution in [3.8, 4) is 0 Å². The standard InChI is InChI=1S/C17H19N5O2S/c1-5-24-17(23)14-10-11-13(21(2)3)7-6-12(16(11)25-14)19-20-15-8-9-18-22(15)4/h6-10H,5H2,1-4H3. The van der Waals surface area contributed by atoms with E-state index < -0.39 is 0 Å². The second-order valence-corrected chi connectivity index (χ2v) is 6.64. The Hall–Kier alpha value is -2.74. The van der Waals surface area contributed by atoms with Crippen LogP contribution < -0.4 is 4.90 Å². The van der Waals surface area contributed by atoms with Gasteiger partial charge in [-0.05, 0) is 25.1 Å². The highest BCUT2D eigenvalue weighted by molar-refractivity contribution is 7.21. The van der Waals surface area contributed by atoms with Gasteiger partial charge < -0.3 is 9.64 Å². The summed E-state index contributed by atoms with van der Waals surface area (Å²) in [4.78, 5) is 14.7. The number of nitrogens with zero attached hydrogens (tertiary/aromatic N) is 5. The molecule has 0 amide bonds. The van der Waals surface area contributed by atoms with Crippen molar-refractivity contribution in [3.63, 3.8) is 0 Å². The molecule has 2 aromatic heterocycles. The number of carbonyl (C=O) groups excluding carboxylic acids is 1. The number of aryl methyl sites for hydroxylation is 1. The Morgan fingerprint density at radius 1 is 1.32 bits per heavy atom. The maximum atomic E-state index is 12.1. The quantitative estimate of drug-likeness (QED) is 0.504. The highest BCUT2D eigenvalue weighted by atomic mass is 32.1. The van der Waals surface area contributed by atoms with E-state index in [4.69, 9.17) is 4.74 Å². The fourth-order valence-corrected chi connectivity index (χ4v) is 3.46. The van der Waals surface area contributed by atoms with E-state index in [2.05, 4.69) is 15.3 Å². The summed E-state index contributed by atoms with van der Waals surface area (Å²) in [6.07, 6.45) is 1.67. The highest BCUT2D eigenvalue weighted by Gasteiger charge is 2.17. The topological polar surface area (TPSA) is 72.1 Å². The lowest BCUT2D eigenvalue weighted by molar-refractivity contribution is 0.0532. The van der Waals surface area contributed by atoms with Crippen LogP contribution in [0.3, 0.4) is 0 Å². The van der Waals surface area contributed by atoms with Crippen molar-refractivity contribution >= 4 is 44.6 Å². The molecule has 0 unspecified atom stereocenters. The molecule has 3 rings (SSSR count). The molecule has 0 aliphatic rings. The summed E-state index contributed by atoms with van der Waals surface area (Å²) in [5, 5.41) is 13.6. The number of fused-ring (bicyclic) bond motifs is 1. The van der Waals surface area contributed by atoms with Gasteiger partial charge in [0.2, 0.25) is 0 Å². The Balaban J connectivity index is 2.09. The molecule has 0 aliphatic heterocycles. The van der Waals surface area contributed by atoms with Crippen LogP contribution in [0.15, 0.2) is 40.7 Å². The van der Waals surface area contributed by atoms with E-state index in [0.29, 0.717) is 23.0 Å². The first-order valence-corrected chi connectivity index (χ1v) is 8.63. The van der Waals surface area contributed by atoms with E-state index in [9.17, 15) is 4.79 Å². The van der Waals surface area contributed by atoms with E-state index in [0.717, 1.165) is 15.8 Å². The van der Waals surface area contributed by atoms with Gasteiger partial charge in [0.05, 0.1) is 17.5 Å². The van der Waals surface area contributed by atoms with E-state index in [1.807, 2.05) is 44.2 Å². The Morgan fingerprint density at radius 2 is 2.12 bits per heavy atom. The molecule has 1 aromatic carbocycles. The van der Waals surface area contributed by atoms with Crippen LogP contribution in [0, 0.1) is 0 Å². The number of rotatable bonds is 5. The van der Waals surface area contributed by atoms with Crippen LogP contribution in [0.2, 0.25) is 0 Å². The second kappa shape index (κ2) is 7.02. The van der Waals surface area contributed by atoms with Gasteiger partial charge in [-0.15, -0.1) is 21.6 Å². The third-order valence-corrected chi connectivity index (χ3v) is 4.79. The number of ether oxygens (including phenoxy) is 1. The van der Waals surface area contributed by atoms with Crippen molar-refractivity contribution in [2.45, 2.75) is 6.92 Å². The molecule has 0 spiro atoms. The minimum Gasteiger partial charge on any atom is -0.462 e. The summed E-state index contributed by atoms with van der Waals surface area (Å²) in [6.45, 7) is 2.14. The van der Waals surface area contributed by atoms with E-state index in [-0.39, 0.29) is 5.97 Å². The molecule has 3 aromatic rings. The van der Waals surface area contributed by atoms with E-state index >= 15 is 0 Å². The smallest absolute Gasteiger partial charge is 0.348 e. The number of anilines is 1. The first-order chi connectivity index (χ1) is 12.0. The van der Waals surface area contributed by atoms with E-state index in [1.54, 1.807) is 23.9 Å². The number of azo groups is 1. The van der Waals surface area contributed by atoms with Gasteiger partial charge in [-0.2, -0.15) is 5.10 Å². The molecule has 0 N–H and O–H groups in total. The summed E-state index contributed by atoms with van der Waals surface area (Å²) in [5.41, 5.74) is 1.73. The molecule has 8 heteroatoms. The Morgan fingerprint density at radius 3 is 2.76 bits per heavy atom. The third-order valence-electron chi connectivity index (χ3n) is 3.65. The van der Waals surface area contributed by atoms with Crippen LogP contribution in [0.4, 0.5) is 17.2 Å². The first kappa shape index (κ1) is 17.1. The van der Waals surface area contributed by atoms with Crippen molar-refractivity contribution in [2.24, 2.45) is 17.3 Å². The van der Waals surface area contributed by atoms with Crippen LogP contribution in [0.5, 0.6) is 0 Å². The molecule has 0 saturated carbocycles. The lowest BCUT2D eigenvalue weighted by Crippen LogP contribution is -2.08. The lowest BCUT2D eigenvalue weighted by Gasteiger charge is -2.14. The summed E-state index contributed by atoms with van der Waals surface area (Å²) in [6, 6.07) is 7.52. The van der Waals surface area contributed by atoms with Crippen LogP contribution in [0.25, 0.3) is 10.1 Å². The molecule has 0 aliphatic carbocycles. The van der Waals surface area contributed by atoms with E-state index in [1.165, 1.54) is 11.3 Å². The molecule has 25 heavy (non-hydrogen) atoms. The fraction of sp³-hybridized carbons (Fsp3) is 0.294. The van der Waals surface area contributed by atoms with Gasteiger partial charge >= 0.3 is 5.97 Å². The maximum absolute atomic E-state index is 12.1. The molecule has 130 valence electrons. The lowest BCUT2D eigenvalue weighted by atomic mass is 10.2. The van der Waals surface area contributed by atoms with Crippen LogP contribution in [0.1, 0.15) is 16.6 Å². The predicted octanol–water partition coefficient (Wildman–Crippen LogP) is 4.29. The van der Waals surface area contributed by atoms with Crippen LogP contribution in [-0.2, 0) is 11.8 Å². The Kier molecular flexibility index (Phi) is 4.80. The van der Waals surface area contributed by atoms with Crippen molar-refractivity contribution in [1.82, 2.24) is 9.78 Å². The zero-order chi connectivity index (χ0) is 18.0. The molecule has 0 bridgehead atoms. The number of esters is 1. The predicted molar refractivity (Wildman–Crippen MR) is 99.5 cm³/mol. The van der Waals surface area contributed by atoms with Gasteiger partial charge in [-0.25, -0.2) is 9.48 Å². The monoisotopic (exact) mass is 357 g/mol. The van der Waals surface area contributed by atoms with Gasteiger partial charge in [-0.3, -0.25) is 0 Å². The molecule has 0 radical (unpaired) electrons. The molecule has 0 saturated heterocycles. The van der Waals surface area contributed by atoms with Gasteiger partial charge in [0, 0.05) is 38.3 Å². The zero-order valence-corrected chi connectivity index (χ0v) is 15.4. The number of thiophene rings is 1. The highest BCUT2D eigenvalue weighted by Crippen LogP contribution is 2.40. The number of benzene rings is 1. The van der Waals surface area contributed by atoms with Gasteiger partial charge in [-0.1, -0.05) is 0 Å². The van der Waals surface area contributed by atoms with Gasteiger partial charge in [0.15, 0.2) is 5.82 Å². The minimum atomic E-state index is -0.317. The average molecular weight is 357 g/mol. The van der Waals surface area contributed by atoms with Crippen LogP contribution >= 0.6 is 11.3 Å². The maximum Gasteiger partial charge on any atom is 0.348 e. The Bertz CT molecular complexity index is 942. The molecular formula is C17H19N5O2S. The summed E-state index contributed by atoms with van der Waals surface area (Å²) in [5.74, 6) is 0.343. The minimum absolute atomic E-state index is 0.317. The van der Waals surface area contributed by atoms with Gasteiger partial charge in [0.25, 0.3) is 0 Å². The molecule has 0 fully saturated rings. The summed E-state index contributed by atoms with van der Waals surface area (Å²) >= 11 is 1.37. The van der Waals surface area contributed by atoms with Crippen molar-refractivity contribution in [3.05, 3.63) is 35.3 Å². The Labute approximate surface area is 149 Å². The fourth-order valence-electron chi connectivity index (χ4n) is 2.44. The third kappa shape index (κ3) is 3.39. The SMILES string of the molecule is CCOC(=O)c1cc2c(N(C)C)ccc(N=Nc3ccnn3C)c2s1. The normalized spacial score (nSPS) is 11.4. The second-order valence-electron chi connectivity index (χ2n) is 5.59. The zero-order valence-electron chi connectivity index (χ0n) is 14.6. The molecule has 0 atom stereocenters. The molecular weight excluding hydrogens is 338 g/mol. The van der Waals surface area contributed by atoms with Crippen molar-refractivity contribution < 1.29 is 9.53 Å². The first-order valence-electron chi connectivity index (χ1n) is 7.82. The molecule has 7 nitrogen and oxygen atoms in total. The van der Waals surface area contributed by atoms with Crippen molar-refractivity contribution in [2.75, 3.05) is 25.6 Å². The summed E-state index contributed by atoms with van der Waals surface area (Å²) in [7, 11) is 5.74. The number of carbonyl (C=O) groups is 1. The number of hydrogen-bond acceptors (Lipinski definition) is 7. The van der Waals surface area contributed by atoms with Crippen LogP contribution in [-0.4, -0.2) is 36.5 Å². The number of aromatic nitrogens is 2. The molecule has 2 heterocycles. The average Bonchev–Trinajstić information content (AvgIpc) is 3.19. The number of hydrogen-bond donors (Lipinski definition) is 0. The van der Waals surface area contributed by atoms with Crippen molar-refractivity contribution in [1.29, 1.82) is 0 Å². The summed E-state index contributed by atoms with van der Waals surface area (Å²) < 4.78 is 7.67. The van der Waals surface area contributed by atoms with Gasteiger partial charge in [0.1, 0.15) is 10.6 Å².